The van der Waals surface area contributed by atoms with Gasteiger partial charge in [-0.15, -0.1) is 0 Å². The summed E-state index contributed by atoms with van der Waals surface area (Å²) < 4.78 is 16.8. The van der Waals surface area contributed by atoms with Gasteiger partial charge in [-0.3, -0.25) is 4.79 Å². The Bertz CT molecular complexity index is 130. The number of carbonyl (C=O) groups excluding carboxylic acids is 1. The molecule has 0 amide bonds. The van der Waals surface area contributed by atoms with E-state index in [4.69, 9.17) is 0 Å². The monoisotopic (exact) mass is 146 g/mol. The van der Waals surface area contributed by atoms with Crippen molar-refractivity contribution in [2.45, 2.75) is 20.0 Å². The normalized spacial score (nSPS) is 13.5. The summed E-state index contributed by atoms with van der Waals surface area (Å²) in [6, 6.07) is 0. The van der Waals surface area contributed by atoms with E-state index in [2.05, 4.69) is 4.74 Å². The van der Waals surface area contributed by atoms with Crippen molar-refractivity contribution in [2.24, 2.45) is 0 Å². The molecule has 3 heteroatoms. The van der Waals surface area contributed by atoms with Crippen LogP contribution >= 0.6 is 0 Å². The molecule has 0 N–H and O–H groups in total. The van der Waals surface area contributed by atoms with Gasteiger partial charge in [0.2, 0.25) is 0 Å². The van der Waals surface area contributed by atoms with E-state index in [1.165, 1.54) is 13.2 Å². The van der Waals surface area contributed by atoms with Crippen LogP contribution in [0.4, 0.5) is 4.39 Å². The molecule has 0 radical (unpaired) electrons. The Morgan fingerprint density at radius 3 is 2.80 bits per heavy atom. The molecule has 0 bridgehead atoms. The van der Waals surface area contributed by atoms with Crippen LogP contribution in [0.25, 0.3) is 0 Å². The number of ether oxygens (including phenoxy) is 1. The SMILES string of the molecule is CCO/C=C/C(=O)C(C)F. The third kappa shape index (κ3) is 4.06. The van der Waals surface area contributed by atoms with Crippen molar-refractivity contribution in [3.05, 3.63) is 12.3 Å². The fraction of sp³-hybridized carbons (Fsp3) is 0.571. The van der Waals surface area contributed by atoms with Crippen LogP contribution in [-0.2, 0) is 9.53 Å². The Balaban J connectivity index is 3.56. The largest absolute Gasteiger partial charge is 0.501 e. The van der Waals surface area contributed by atoms with Gasteiger partial charge in [0.05, 0.1) is 12.9 Å². The second kappa shape index (κ2) is 4.97. The molecule has 0 aliphatic carbocycles. The maximum absolute atomic E-state index is 12.1. The van der Waals surface area contributed by atoms with Gasteiger partial charge in [-0.05, 0) is 13.8 Å². The zero-order valence-electron chi connectivity index (χ0n) is 6.13. The summed E-state index contributed by atoms with van der Waals surface area (Å²) in [5, 5.41) is 0. The van der Waals surface area contributed by atoms with Gasteiger partial charge in [0.15, 0.2) is 12.0 Å². The van der Waals surface area contributed by atoms with Crippen LogP contribution in [0.3, 0.4) is 0 Å². The van der Waals surface area contributed by atoms with Crippen molar-refractivity contribution in [1.82, 2.24) is 0 Å². The average molecular weight is 146 g/mol. The van der Waals surface area contributed by atoms with Crippen LogP contribution in [0.1, 0.15) is 13.8 Å². The minimum atomic E-state index is -1.43. The van der Waals surface area contributed by atoms with Gasteiger partial charge in [0.25, 0.3) is 0 Å². The number of halogens is 1. The summed E-state index contributed by atoms with van der Waals surface area (Å²) in [6.45, 7) is 3.47. The van der Waals surface area contributed by atoms with E-state index >= 15 is 0 Å². The van der Waals surface area contributed by atoms with Crippen LogP contribution in [-0.4, -0.2) is 18.6 Å². The zero-order valence-corrected chi connectivity index (χ0v) is 6.13. The van der Waals surface area contributed by atoms with Gasteiger partial charge in [0, 0.05) is 6.08 Å². The lowest BCUT2D eigenvalue weighted by Crippen LogP contribution is -2.07. The molecule has 0 aromatic heterocycles. The minimum absolute atomic E-state index is 0.491. The summed E-state index contributed by atoms with van der Waals surface area (Å²) in [6.07, 6.45) is 0.865. The number of alkyl halides is 1. The van der Waals surface area contributed by atoms with Gasteiger partial charge in [-0.1, -0.05) is 0 Å². The Morgan fingerprint density at radius 2 is 2.40 bits per heavy atom. The van der Waals surface area contributed by atoms with E-state index < -0.39 is 12.0 Å². The smallest absolute Gasteiger partial charge is 0.192 e. The Hall–Kier alpha value is -0.860. The summed E-state index contributed by atoms with van der Waals surface area (Å²) in [5.41, 5.74) is 0. The highest BCUT2D eigenvalue weighted by Crippen LogP contribution is 1.91. The maximum atomic E-state index is 12.1. The fourth-order valence-corrected chi connectivity index (χ4v) is 0.344. The maximum Gasteiger partial charge on any atom is 0.192 e. The molecule has 1 atom stereocenters. The number of hydrogen-bond donors (Lipinski definition) is 0. The Morgan fingerprint density at radius 1 is 1.80 bits per heavy atom. The molecular formula is C7H11FO2. The Labute approximate surface area is 59.7 Å². The average Bonchev–Trinajstić information content (AvgIpc) is 1.88. The van der Waals surface area contributed by atoms with Gasteiger partial charge in [-0.2, -0.15) is 0 Å². The van der Waals surface area contributed by atoms with Crippen molar-refractivity contribution >= 4 is 5.78 Å². The molecule has 0 aliphatic rings. The third-order valence-electron chi connectivity index (χ3n) is 0.887. The molecule has 0 saturated carbocycles. The van der Waals surface area contributed by atoms with E-state index in [0.29, 0.717) is 6.61 Å². The first kappa shape index (κ1) is 9.14. The lowest BCUT2D eigenvalue weighted by Gasteiger charge is -1.93. The van der Waals surface area contributed by atoms with Crippen LogP contribution in [0.15, 0.2) is 12.3 Å². The lowest BCUT2D eigenvalue weighted by molar-refractivity contribution is -0.118. The van der Waals surface area contributed by atoms with Crippen LogP contribution in [0.5, 0.6) is 0 Å². The van der Waals surface area contributed by atoms with E-state index in [0.717, 1.165) is 6.08 Å². The molecule has 2 nitrogen and oxygen atoms in total. The number of carbonyl (C=O) groups is 1. The third-order valence-corrected chi connectivity index (χ3v) is 0.887. The second-order valence-corrected chi connectivity index (χ2v) is 1.78. The highest BCUT2D eigenvalue weighted by molar-refractivity contribution is 5.92. The standard InChI is InChI=1S/C7H11FO2/c1-3-10-5-4-7(9)6(2)8/h4-6H,3H2,1-2H3/b5-4+. The van der Waals surface area contributed by atoms with E-state index in [1.54, 1.807) is 6.92 Å². The fourth-order valence-electron chi connectivity index (χ4n) is 0.344. The van der Waals surface area contributed by atoms with Crippen molar-refractivity contribution in [2.75, 3.05) is 6.61 Å². The van der Waals surface area contributed by atoms with Crippen LogP contribution in [0, 0.1) is 0 Å². The van der Waals surface area contributed by atoms with Gasteiger partial charge >= 0.3 is 0 Å². The quantitative estimate of drug-likeness (QED) is 0.443. The van der Waals surface area contributed by atoms with Crippen molar-refractivity contribution in [1.29, 1.82) is 0 Å². The number of hydrogen-bond acceptors (Lipinski definition) is 2. The molecule has 10 heavy (non-hydrogen) atoms. The summed E-state index contributed by atoms with van der Waals surface area (Å²) in [5.74, 6) is -0.562. The Kier molecular flexibility index (Phi) is 4.54. The van der Waals surface area contributed by atoms with Gasteiger partial charge < -0.3 is 4.74 Å². The van der Waals surface area contributed by atoms with Crippen LogP contribution < -0.4 is 0 Å². The summed E-state index contributed by atoms with van der Waals surface area (Å²) in [7, 11) is 0. The molecule has 1 unspecified atom stereocenters. The van der Waals surface area contributed by atoms with Gasteiger partial charge in [0.1, 0.15) is 0 Å². The molecule has 0 aromatic carbocycles. The minimum Gasteiger partial charge on any atom is -0.501 e. The lowest BCUT2D eigenvalue weighted by atomic mass is 10.3. The molecule has 0 saturated heterocycles. The topological polar surface area (TPSA) is 26.3 Å². The molecule has 0 heterocycles. The first-order chi connectivity index (χ1) is 4.68. The van der Waals surface area contributed by atoms with E-state index in [9.17, 15) is 9.18 Å². The molecule has 58 valence electrons. The predicted molar refractivity (Wildman–Crippen MR) is 36.3 cm³/mol. The summed E-state index contributed by atoms with van der Waals surface area (Å²) in [4.78, 5) is 10.5. The van der Waals surface area contributed by atoms with E-state index in [-0.39, 0.29) is 0 Å². The zero-order chi connectivity index (χ0) is 7.98. The second-order valence-electron chi connectivity index (χ2n) is 1.78. The van der Waals surface area contributed by atoms with Gasteiger partial charge in [-0.25, -0.2) is 4.39 Å². The highest BCUT2D eigenvalue weighted by Gasteiger charge is 2.05. The molecular weight excluding hydrogens is 135 g/mol. The molecule has 0 aromatic rings. The van der Waals surface area contributed by atoms with Crippen molar-refractivity contribution < 1.29 is 13.9 Å². The highest BCUT2D eigenvalue weighted by atomic mass is 19.1. The number of allylic oxidation sites excluding steroid dienone is 1. The number of rotatable bonds is 4. The molecule has 0 rings (SSSR count). The predicted octanol–water partition coefficient (Wildman–Crippen LogP) is 1.46. The van der Waals surface area contributed by atoms with Crippen molar-refractivity contribution in [3.8, 4) is 0 Å². The molecule has 0 fully saturated rings. The van der Waals surface area contributed by atoms with E-state index in [1.807, 2.05) is 0 Å². The first-order valence-corrected chi connectivity index (χ1v) is 3.14. The van der Waals surface area contributed by atoms with Crippen molar-refractivity contribution in [3.63, 3.8) is 0 Å². The summed E-state index contributed by atoms with van der Waals surface area (Å²) >= 11 is 0. The molecule has 0 spiro atoms. The van der Waals surface area contributed by atoms with Crippen LogP contribution in [0.2, 0.25) is 0 Å². The first-order valence-electron chi connectivity index (χ1n) is 3.14. The number of ketones is 1. The molecule has 0 aliphatic heterocycles.